The number of nitrogens with two attached hydrogens (primary N) is 1. The van der Waals surface area contributed by atoms with E-state index in [0.717, 1.165) is 18.0 Å². The van der Waals surface area contributed by atoms with Crippen molar-refractivity contribution in [2.75, 3.05) is 19.8 Å². The molecule has 0 saturated heterocycles. The minimum Gasteiger partial charge on any atom is -0.483 e. The molecule has 40 heavy (non-hydrogen) atoms. The SMILES string of the molecule is C=O.CC(=O)c1ccccc1.CC(C)c1ccc2c(c1)CC[C@H]1[C@](C)(CN)CCC[C@]21C.Cl.O=CO.OCCO. The van der Waals surface area contributed by atoms with Crippen LogP contribution in [0.4, 0.5) is 0 Å². The van der Waals surface area contributed by atoms with Crippen molar-refractivity contribution in [3.05, 3.63) is 70.8 Å². The van der Waals surface area contributed by atoms with Crippen LogP contribution in [0, 0.1) is 11.3 Å². The molecule has 2 aromatic carbocycles. The molecule has 3 atom stereocenters. The van der Waals surface area contributed by atoms with Gasteiger partial charge in [-0.25, -0.2) is 0 Å². The van der Waals surface area contributed by atoms with Gasteiger partial charge in [0, 0.05) is 5.56 Å². The third-order valence-electron chi connectivity index (χ3n) is 7.91. The highest BCUT2D eigenvalue weighted by Gasteiger charge is 2.50. The van der Waals surface area contributed by atoms with E-state index >= 15 is 0 Å². The van der Waals surface area contributed by atoms with E-state index in [1.54, 1.807) is 18.1 Å². The van der Waals surface area contributed by atoms with E-state index in [4.69, 9.17) is 30.6 Å². The van der Waals surface area contributed by atoms with E-state index in [-0.39, 0.29) is 37.9 Å². The van der Waals surface area contributed by atoms with Crippen LogP contribution in [0.15, 0.2) is 48.5 Å². The molecule has 0 amide bonds. The zero-order chi connectivity index (χ0) is 30.1. The van der Waals surface area contributed by atoms with Crippen LogP contribution in [0.2, 0.25) is 0 Å². The number of carbonyl (C=O) groups is 3. The van der Waals surface area contributed by atoms with Crippen LogP contribution in [0.3, 0.4) is 0 Å². The predicted octanol–water partition coefficient (Wildman–Crippen LogP) is 5.58. The number of benzene rings is 2. The van der Waals surface area contributed by atoms with Crippen molar-refractivity contribution < 1.29 is 29.7 Å². The standard InChI is InChI=1S/C20H31N.C8H8O.C2H6O2.CH2O2.CH2O.ClH/c1-14(2)15-6-8-17-16(12-15)7-9-18-19(3,13-21)10-5-11-20(17,18)4;1-7(9)8-5-3-2-4-6-8;3-1-2-4;2-1-3;1-2;/h6,8,12,14,18H,5,7,9-11,13,21H2,1-4H3;2-6H,1H3;3-4H,1-2H2;1H,(H,2,3);1H2;1H/t18-,19-,20+;;;;;/m0...../s1. The summed E-state index contributed by atoms with van der Waals surface area (Å²) in [4.78, 5) is 27.0. The van der Waals surface area contributed by atoms with Gasteiger partial charge in [0.15, 0.2) is 5.78 Å². The first-order valence-electron chi connectivity index (χ1n) is 13.5. The maximum Gasteiger partial charge on any atom is 0.290 e. The van der Waals surface area contributed by atoms with Crippen molar-refractivity contribution >= 4 is 31.5 Å². The van der Waals surface area contributed by atoms with Crippen LogP contribution in [0.5, 0.6) is 0 Å². The Morgan fingerprint density at radius 2 is 1.62 bits per heavy atom. The Bertz CT molecular complexity index is 985. The fraction of sp³-hybridized carbons (Fsp3) is 0.531. The van der Waals surface area contributed by atoms with Crippen molar-refractivity contribution in [3.63, 3.8) is 0 Å². The van der Waals surface area contributed by atoms with Crippen molar-refractivity contribution in [3.8, 4) is 0 Å². The first kappa shape index (κ1) is 39.6. The number of rotatable bonds is 4. The molecule has 0 heterocycles. The summed E-state index contributed by atoms with van der Waals surface area (Å²) in [6.07, 6.45) is 6.53. The van der Waals surface area contributed by atoms with E-state index < -0.39 is 0 Å². The topological polar surface area (TPSA) is 138 Å². The molecule has 2 aliphatic carbocycles. The molecule has 0 spiro atoms. The van der Waals surface area contributed by atoms with E-state index in [1.807, 2.05) is 37.1 Å². The van der Waals surface area contributed by atoms with Gasteiger partial charge in [-0.15, -0.1) is 12.4 Å². The Morgan fingerprint density at radius 1 is 1.07 bits per heavy atom. The molecule has 7 nitrogen and oxygen atoms in total. The lowest BCUT2D eigenvalue weighted by Crippen LogP contribution is -2.51. The normalized spacial score (nSPS) is 21.8. The fourth-order valence-electron chi connectivity index (χ4n) is 5.92. The van der Waals surface area contributed by atoms with Gasteiger partial charge in [-0.05, 0) is 78.5 Å². The Kier molecular flexibility index (Phi) is 20.1. The van der Waals surface area contributed by atoms with Gasteiger partial charge >= 0.3 is 0 Å². The van der Waals surface area contributed by atoms with Gasteiger partial charge in [-0.3, -0.25) is 9.59 Å². The summed E-state index contributed by atoms with van der Waals surface area (Å²) < 4.78 is 0. The summed E-state index contributed by atoms with van der Waals surface area (Å²) in [5.74, 6) is 1.50. The number of carbonyl (C=O) groups excluding carboxylic acids is 2. The summed E-state index contributed by atoms with van der Waals surface area (Å²) in [5.41, 5.74) is 12.4. The number of hydrogen-bond donors (Lipinski definition) is 4. The Labute approximate surface area is 246 Å². The van der Waals surface area contributed by atoms with Crippen molar-refractivity contribution in [2.45, 2.75) is 78.1 Å². The number of halogens is 1. The number of carboxylic acid groups (broad SMARTS) is 1. The Morgan fingerprint density at radius 3 is 2.05 bits per heavy atom. The molecular formula is C32H50ClNO6. The number of aryl methyl sites for hydroxylation is 1. The minimum absolute atomic E-state index is 0. The second-order valence-electron chi connectivity index (χ2n) is 10.8. The summed E-state index contributed by atoms with van der Waals surface area (Å²) in [6.45, 7) is 13.4. The lowest BCUT2D eigenvalue weighted by molar-refractivity contribution is -0.122. The molecule has 1 saturated carbocycles. The molecule has 0 aromatic heterocycles. The van der Waals surface area contributed by atoms with Crippen LogP contribution in [-0.4, -0.2) is 54.1 Å². The number of hydrogen-bond acceptors (Lipinski definition) is 6. The van der Waals surface area contributed by atoms with Crippen LogP contribution >= 0.6 is 12.4 Å². The average molecular weight is 580 g/mol. The third kappa shape index (κ3) is 11.1. The summed E-state index contributed by atoms with van der Waals surface area (Å²) >= 11 is 0. The monoisotopic (exact) mass is 579 g/mol. The number of aliphatic hydroxyl groups is 2. The van der Waals surface area contributed by atoms with Gasteiger partial charge in [-0.1, -0.05) is 82.6 Å². The smallest absolute Gasteiger partial charge is 0.290 e. The third-order valence-corrected chi connectivity index (χ3v) is 7.91. The maximum absolute atomic E-state index is 10.6. The summed E-state index contributed by atoms with van der Waals surface area (Å²) in [7, 11) is 0. The number of aliphatic hydroxyl groups excluding tert-OH is 2. The van der Waals surface area contributed by atoms with E-state index in [1.165, 1.54) is 37.7 Å². The minimum atomic E-state index is -0.250. The predicted molar refractivity (Wildman–Crippen MR) is 164 cm³/mol. The zero-order valence-corrected chi connectivity index (χ0v) is 25.6. The van der Waals surface area contributed by atoms with Gasteiger partial charge in [0.1, 0.15) is 6.79 Å². The molecule has 2 aliphatic rings. The van der Waals surface area contributed by atoms with Gasteiger partial charge in [0.2, 0.25) is 0 Å². The number of Topliss-reactive ketones (excluding diaryl/α,β-unsaturated/α-hetero) is 1. The van der Waals surface area contributed by atoms with Crippen LogP contribution in [0.25, 0.3) is 0 Å². The highest BCUT2D eigenvalue weighted by atomic mass is 35.5. The highest BCUT2D eigenvalue weighted by Crippen LogP contribution is 2.56. The van der Waals surface area contributed by atoms with Crippen LogP contribution < -0.4 is 5.73 Å². The fourth-order valence-corrected chi connectivity index (χ4v) is 5.92. The summed E-state index contributed by atoms with van der Waals surface area (Å²) in [5, 5.41) is 22.1. The van der Waals surface area contributed by atoms with Gasteiger partial charge in [0.25, 0.3) is 6.47 Å². The summed E-state index contributed by atoms with van der Waals surface area (Å²) in [6, 6.07) is 16.5. The molecule has 1 fully saturated rings. The van der Waals surface area contributed by atoms with Gasteiger partial charge < -0.3 is 25.8 Å². The lowest BCUT2D eigenvalue weighted by Gasteiger charge is -2.55. The largest absolute Gasteiger partial charge is 0.483 e. The first-order chi connectivity index (χ1) is 18.5. The van der Waals surface area contributed by atoms with Crippen molar-refractivity contribution in [1.82, 2.24) is 0 Å². The van der Waals surface area contributed by atoms with Gasteiger partial charge in [-0.2, -0.15) is 0 Å². The zero-order valence-electron chi connectivity index (χ0n) is 24.8. The molecule has 4 rings (SSSR count). The highest BCUT2D eigenvalue weighted by molar-refractivity contribution is 5.93. The Balaban J connectivity index is 0. The molecule has 5 N–H and O–H groups in total. The van der Waals surface area contributed by atoms with Gasteiger partial charge in [0.05, 0.1) is 13.2 Å². The number of ketones is 1. The molecule has 0 radical (unpaired) electrons. The first-order valence-corrected chi connectivity index (χ1v) is 13.5. The number of fused-ring (bicyclic) bond motifs is 3. The molecule has 0 bridgehead atoms. The average Bonchev–Trinajstić information content (AvgIpc) is 2.95. The molecule has 0 aliphatic heterocycles. The second kappa shape index (κ2) is 20.3. The van der Waals surface area contributed by atoms with Crippen molar-refractivity contribution in [1.29, 1.82) is 0 Å². The van der Waals surface area contributed by atoms with Crippen LogP contribution in [-0.2, 0) is 21.4 Å². The van der Waals surface area contributed by atoms with E-state index in [2.05, 4.69) is 45.9 Å². The van der Waals surface area contributed by atoms with Crippen LogP contribution in [0.1, 0.15) is 93.3 Å². The quantitative estimate of drug-likeness (QED) is 0.274. The second-order valence-corrected chi connectivity index (χ2v) is 10.8. The molecule has 2 aromatic rings. The maximum atomic E-state index is 10.6. The molecule has 8 heteroatoms. The molecular weight excluding hydrogens is 530 g/mol. The lowest BCUT2D eigenvalue weighted by atomic mass is 9.50. The van der Waals surface area contributed by atoms with Crippen molar-refractivity contribution in [2.24, 2.45) is 17.1 Å². The Hall–Kier alpha value is -2.58. The van der Waals surface area contributed by atoms with E-state index in [0.29, 0.717) is 16.7 Å². The molecule has 0 unspecified atom stereocenters. The molecule has 226 valence electrons. The van der Waals surface area contributed by atoms with E-state index in [9.17, 15) is 4.79 Å².